The molecule has 1 aliphatic carbocycles. The molecule has 1 aliphatic heterocycles. The molecule has 17 heavy (non-hydrogen) atoms. The Morgan fingerprint density at radius 2 is 2.12 bits per heavy atom. The molecule has 2 N–H and O–H groups in total. The lowest BCUT2D eigenvalue weighted by molar-refractivity contribution is -0.127. The predicted molar refractivity (Wildman–Crippen MR) is 66.7 cm³/mol. The van der Waals surface area contributed by atoms with E-state index in [1.54, 1.807) is 0 Å². The fourth-order valence-corrected chi connectivity index (χ4v) is 2.71. The Hall–Kier alpha value is -0.610. The molecule has 4 nitrogen and oxygen atoms in total. The third kappa shape index (κ3) is 3.42. The molecule has 2 aliphatic rings. The lowest BCUT2D eigenvalue weighted by Crippen LogP contribution is -2.54. The van der Waals surface area contributed by atoms with E-state index in [2.05, 4.69) is 24.5 Å². The fourth-order valence-electron chi connectivity index (χ4n) is 2.71. The minimum Gasteiger partial charge on any atom is -0.378 e. The van der Waals surface area contributed by atoms with Crippen molar-refractivity contribution in [2.75, 3.05) is 19.8 Å². The predicted octanol–water partition coefficient (Wildman–Crippen LogP) is 0.916. The zero-order chi connectivity index (χ0) is 12.3. The molecular formula is C13H24N2O2. The lowest BCUT2D eigenvalue weighted by Gasteiger charge is -2.33. The third-order valence-electron chi connectivity index (χ3n) is 4.18. The van der Waals surface area contributed by atoms with Crippen molar-refractivity contribution in [1.82, 2.24) is 10.6 Å². The lowest BCUT2D eigenvalue weighted by atomic mass is 9.79. The van der Waals surface area contributed by atoms with Gasteiger partial charge in [0.15, 0.2) is 0 Å². The molecule has 4 unspecified atom stereocenters. The number of ether oxygens (including phenoxy) is 1. The smallest absolute Gasteiger partial charge is 0.239 e. The van der Waals surface area contributed by atoms with Crippen molar-refractivity contribution < 1.29 is 9.53 Å². The van der Waals surface area contributed by atoms with Crippen LogP contribution < -0.4 is 10.6 Å². The van der Waals surface area contributed by atoms with E-state index in [1.807, 2.05) is 0 Å². The quantitative estimate of drug-likeness (QED) is 0.754. The molecule has 0 aromatic heterocycles. The molecule has 98 valence electrons. The summed E-state index contributed by atoms with van der Waals surface area (Å²) < 4.78 is 5.31. The summed E-state index contributed by atoms with van der Waals surface area (Å²) in [5.74, 6) is 1.61. The van der Waals surface area contributed by atoms with Gasteiger partial charge in [-0.3, -0.25) is 4.79 Å². The van der Waals surface area contributed by atoms with Crippen molar-refractivity contribution in [1.29, 1.82) is 0 Å². The molecule has 2 rings (SSSR count). The second-order valence-corrected chi connectivity index (χ2v) is 5.55. The van der Waals surface area contributed by atoms with Crippen LogP contribution in [0, 0.1) is 11.8 Å². The van der Waals surface area contributed by atoms with Crippen molar-refractivity contribution in [2.45, 2.75) is 45.2 Å². The van der Waals surface area contributed by atoms with E-state index in [4.69, 9.17) is 4.74 Å². The van der Waals surface area contributed by atoms with Crippen LogP contribution >= 0.6 is 0 Å². The van der Waals surface area contributed by atoms with Gasteiger partial charge in [-0.25, -0.2) is 0 Å². The van der Waals surface area contributed by atoms with Gasteiger partial charge < -0.3 is 15.4 Å². The first-order valence-electron chi connectivity index (χ1n) is 6.78. The molecule has 0 bridgehead atoms. The van der Waals surface area contributed by atoms with Crippen LogP contribution in [0.15, 0.2) is 0 Å². The minimum atomic E-state index is -0.154. The molecule has 4 heteroatoms. The van der Waals surface area contributed by atoms with E-state index in [9.17, 15) is 4.79 Å². The summed E-state index contributed by atoms with van der Waals surface area (Å²) in [4.78, 5) is 12.0. The second-order valence-electron chi connectivity index (χ2n) is 5.55. The number of carbonyl (C=O) groups is 1. The Balaban J connectivity index is 1.78. The highest BCUT2D eigenvalue weighted by molar-refractivity contribution is 5.82. The number of nitrogens with one attached hydrogen (secondary N) is 2. The minimum absolute atomic E-state index is 0.108. The van der Waals surface area contributed by atoms with Gasteiger partial charge in [-0.15, -0.1) is 0 Å². The van der Waals surface area contributed by atoms with Gasteiger partial charge in [-0.2, -0.15) is 0 Å². The van der Waals surface area contributed by atoms with Crippen molar-refractivity contribution in [3.63, 3.8) is 0 Å². The highest BCUT2D eigenvalue weighted by Gasteiger charge is 2.28. The number of hydrogen-bond donors (Lipinski definition) is 2. The molecule has 1 saturated heterocycles. The summed E-state index contributed by atoms with van der Waals surface area (Å²) in [6.45, 7) is 6.58. The van der Waals surface area contributed by atoms with Crippen LogP contribution in [0.25, 0.3) is 0 Å². The van der Waals surface area contributed by atoms with Crippen LogP contribution in [-0.4, -0.2) is 37.7 Å². The van der Waals surface area contributed by atoms with E-state index < -0.39 is 0 Å². The first kappa shape index (κ1) is 12.8. The summed E-state index contributed by atoms with van der Waals surface area (Å²) >= 11 is 0. The normalized spacial score (nSPS) is 38.7. The number of hydrogen-bond acceptors (Lipinski definition) is 3. The fraction of sp³-hybridized carbons (Fsp3) is 0.923. The number of morpholine rings is 1. The summed E-state index contributed by atoms with van der Waals surface area (Å²) in [7, 11) is 0. The third-order valence-corrected chi connectivity index (χ3v) is 4.18. The number of amides is 1. The zero-order valence-electron chi connectivity index (χ0n) is 10.9. The molecule has 0 aromatic carbocycles. The van der Waals surface area contributed by atoms with Crippen molar-refractivity contribution >= 4 is 5.91 Å². The Morgan fingerprint density at radius 3 is 2.76 bits per heavy atom. The molecule has 4 atom stereocenters. The average molecular weight is 240 g/mol. The van der Waals surface area contributed by atoms with E-state index in [0.717, 1.165) is 25.3 Å². The van der Waals surface area contributed by atoms with Gasteiger partial charge in [0.2, 0.25) is 5.91 Å². The van der Waals surface area contributed by atoms with Gasteiger partial charge in [-0.1, -0.05) is 13.8 Å². The first-order valence-corrected chi connectivity index (χ1v) is 6.78. The van der Waals surface area contributed by atoms with Crippen LogP contribution in [0.5, 0.6) is 0 Å². The van der Waals surface area contributed by atoms with Crippen LogP contribution in [0.4, 0.5) is 0 Å². The molecule has 2 fully saturated rings. The van der Waals surface area contributed by atoms with Gasteiger partial charge >= 0.3 is 0 Å². The maximum atomic E-state index is 12.0. The second kappa shape index (κ2) is 5.83. The summed E-state index contributed by atoms with van der Waals surface area (Å²) in [6.07, 6.45) is 3.45. The van der Waals surface area contributed by atoms with Gasteiger partial charge in [0.05, 0.1) is 13.2 Å². The standard InChI is InChI=1S/C13H24N2O2/c1-9-3-4-11(7-10(9)2)15-13(16)12-8-17-6-5-14-12/h9-12,14H,3-8H2,1-2H3,(H,15,16). The van der Waals surface area contributed by atoms with Gasteiger partial charge in [0, 0.05) is 12.6 Å². The number of carbonyl (C=O) groups excluding carboxylic acids is 1. The Labute approximate surface area is 103 Å². The molecule has 1 heterocycles. The van der Waals surface area contributed by atoms with E-state index in [-0.39, 0.29) is 11.9 Å². The van der Waals surface area contributed by atoms with Crippen LogP contribution in [0.2, 0.25) is 0 Å². The average Bonchev–Trinajstić information content (AvgIpc) is 2.35. The van der Waals surface area contributed by atoms with Crippen LogP contribution in [0.3, 0.4) is 0 Å². The monoisotopic (exact) mass is 240 g/mol. The summed E-state index contributed by atoms with van der Waals surface area (Å²) in [5.41, 5.74) is 0. The molecule has 0 spiro atoms. The Bertz CT molecular complexity index is 264. The van der Waals surface area contributed by atoms with Gasteiger partial charge in [0.25, 0.3) is 0 Å². The summed E-state index contributed by atoms with van der Waals surface area (Å²) in [6, 6.07) is 0.204. The zero-order valence-corrected chi connectivity index (χ0v) is 10.9. The van der Waals surface area contributed by atoms with E-state index in [1.165, 1.54) is 6.42 Å². The van der Waals surface area contributed by atoms with Crippen molar-refractivity contribution in [3.8, 4) is 0 Å². The topological polar surface area (TPSA) is 50.4 Å². The maximum Gasteiger partial charge on any atom is 0.239 e. The van der Waals surface area contributed by atoms with E-state index in [0.29, 0.717) is 25.2 Å². The molecule has 0 radical (unpaired) electrons. The largest absolute Gasteiger partial charge is 0.378 e. The van der Waals surface area contributed by atoms with E-state index >= 15 is 0 Å². The Morgan fingerprint density at radius 1 is 1.29 bits per heavy atom. The highest BCUT2D eigenvalue weighted by Crippen LogP contribution is 2.29. The molecule has 1 amide bonds. The molecule has 1 saturated carbocycles. The van der Waals surface area contributed by atoms with Crippen LogP contribution in [-0.2, 0) is 9.53 Å². The van der Waals surface area contributed by atoms with Crippen molar-refractivity contribution in [3.05, 3.63) is 0 Å². The van der Waals surface area contributed by atoms with Crippen molar-refractivity contribution in [2.24, 2.45) is 11.8 Å². The Kier molecular flexibility index (Phi) is 4.40. The molecular weight excluding hydrogens is 216 g/mol. The highest BCUT2D eigenvalue weighted by atomic mass is 16.5. The SMILES string of the molecule is CC1CCC(NC(=O)C2COCCN2)CC1C. The first-order chi connectivity index (χ1) is 8.16. The van der Waals surface area contributed by atoms with Gasteiger partial charge in [0.1, 0.15) is 6.04 Å². The van der Waals surface area contributed by atoms with Gasteiger partial charge in [-0.05, 0) is 31.1 Å². The van der Waals surface area contributed by atoms with Crippen LogP contribution in [0.1, 0.15) is 33.1 Å². The molecule has 0 aromatic rings. The summed E-state index contributed by atoms with van der Waals surface area (Å²) in [5, 5.41) is 6.35. The maximum absolute atomic E-state index is 12.0. The number of rotatable bonds is 2.